The predicted molar refractivity (Wildman–Crippen MR) is 42.0 cm³/mol. The quantitative estimate of drug-likeness (QED) is 0.450. The molecule has 1 aliphatic heterocycles. The second-order valence-corrected chi connectivity index (χ2v) is 2.89. The van der Waals surface area contributed by atoms with Gasteiger partial charge in [0.05, 0.1) is 6.42 Å². The Morgan fingerprint density at radius 1 is 1.73 bits per heavy atom. The fraction of sp³-hybridized carbons (Fsp3) is 0.875. The van der Waals surface area contributed by atoms with Crippen LogP contribution in [0.5, 0.6) is 0 Å². The van der Waals surface area contributed by atoms with Crippen molar-refractivity contribution in [2.24, 2.45) is 0 Å². The minimum Gasteiger partial charge on any atom is -0.358 e. The molecule has 1 aliphatic rings. The molecule has 3 nitrogen and oxygen atoms in total. The zero-order valence-electron chi connectivity index (χ0n) is 7.17. The minimum atomic E-state index is 0.0639. The molecule has 1 unspecified atom stereocenters. The van der Waals surface area contributed by atoms with Gasteiger partial charge >= 0.3 is 0 Å². The van der Waals surface area contributed by atoms with Crippen LogP contribution in [0.25, 0.3) is 0 Å². The molecule has 1 rings (SSSR count). The van der Waals surface area contributed by atoms with E-state index in [4.69, 9.17) is 4.74 Å². The minimum absolute atomic E-state index is 0.0639. The Labute approximate surface area is 67.3 Å². The van der Waals surface area contributed by atoms with Crippen molar-refractivity contribution in [2.75, 3.05) is 13.7 Å². The van der Waals surface area contributed by atoms with Crippen LogP contribution >= 0.6 is 0 Å². The second kappa shape index (κ2) is 3.72. The number of carbonyl (C=O) groups excluding carboxylic acids is 1. The second-order valence-electron chi connectivity index (χ2n) is 2.89. The molecule has 64 valence electrons. The lowest BCUT2D eigenvalue weighted by Gasteiger charge is -2.36. The van der Waals surface area contributed by atoms with Crippen molar-refractivity contribution >= 4 is 5.91 Å². The van der Waals surface area contributed by atoms with Crippen LogP contribution in [0.1, 0.15) is 26.2 Å². The summed E-state index contributed by atoms with van der Waals surface area (Å²) in [5, 5.41) is 0. The van der Waals surface area contributed by atoms with Crippen LogP contribution < -0.4 is 0 Å². The number of hydrogen-bond donors (Lipinski definition) is 0. The molecule has 1 atom stereocenters. The Hall–Kier alpha value is -0.570. The van der Waals surface area contributed by atoms with E-state index in [1.165, 1.54) is 0 Å². The zero-order chi connectivity index (χ0) is 8.27. The lowest BCUT2D eigenvalue weighted by molar-refractivity contribution is -0.169. The monoisotopic (exact) mass is 157 g/mol. The van der Waals surface area contributed by atoms with Gasteiger partial charge in [0.25, 0.3) is 0 Å². The molecule has 0 aromatic heterocycles. The number of β-lactam (4-membered cyclic amide) rings is 1. The number of rotatable bonds is 4. The van der Waals surface area contributed by atoms with Crippen LogP contribution in [0.2, 0.25) is 0 Å². The van der Waals surface area contributed by atoms with E-state index in [9.17, 15) is 4.79 Å². The van der Waals surface area contributed by atoms with Crippen LogP contribution in [-0.2, 0) is 9.53 Å². The van der Waals surface area contributed by atoms with Crippen molar-refractivity contribution in [3.05, 3.63) is 0 Å². The van der Waals surface area contributed by atoms with Crippen molar-refractivity contribution in [1.29, 1.82) is 0 Å². The fourth-order valence-corrected chi connectivity index (χ4v) is 1.01. The molecule has 0 bridgehead atoms. The Morgan fingerprint density at radius 3 is 2.91 bits per heavy atom. The van der Waals surface area contributed by atoms with Crippen molar-refractivity contribution in [1.82, 2.24) is 4.90 Å². The van der Waals surface area contributed by atoms with Gasteiger partial charge in [0.1, 0.15) is 6.23 Å². The van der Waals surface area contributed by atoms with Crippen molar-refractivity contribution in [2.45, 2.75) is 32.4 Å². The largest absolute Gasteiger partial charge is 0.358 e. The molecule has 1 heterocycles. The average Bonchev–Trinajstić information content (AvgIpc) is 2.03. The van der Waals surface area contributed by atoms with Crippen molar-refractivity contribution in [3.8, 4) is 0 Å². The molecule has 0 aromatic carbocycles. The third kappa shape index (κ3) is 1.93. The van der Waals surface area contributed by atoms with E-state index in [0.29, 0.717) is 6.42 Å². The van der Waals surface area contributed by atoms with Gasteiger partial charge < -0.3 is 9.64 Å². The van der Waals surface area contributed by atoms with E-state index in [-0.39, 0.29) is 12.1 Å². The topological polar surface area (TPSA) is 29.5 Å². The maximum atomic E-state index is 10.7. The van der Waals surface area contributed by atoms with Gasteiger partial charge in [-0.05, 0) is 6.42 Å². The first-order valence-electron chi connectivity index (χ1n) is 4.13. The maximum absolute atomic E-state index is 10.7. The van der Waals surface area contributed by atoms with Gasteiger partial charge in [0.15, 0.2) is 0 Å². The highest BCUT2D eigenvalue weighted by Crippen LogP contribution is 2.17. The molecule has 0 aromatic rings. The highest BCUT2D eigenvalue weighted by molar-refractivity contribution is 5.82. The highest BCUT2D eigenvalue weighted by atomic mass is 16.5. The van der Waals surface area contributed by atoms with E-state index in [1.54, 1.807) is 11.9 Å². The summed E-state index contributed by atoms with van der Waals surface area (Å²) in [5.74, 6) is 0.187. The standard InChI is InChI=1S/C8H15NO2/c1-3-4-5-11-8-6-7(10)9(8)2/h8H,3-6H2,1-2H3. The highest BCUT2D eigenvalue weighted by Gasteiger charge is 2.32. The zero-order valence-corrected chi connectivity index (χ0v) is 7.17. The normalized spacial score (nSPS) is 23.6. The van der Waals surface area contributed by atoms with E-state index in [1.807, 2.05) is 0 Å². The number of likely N-dealkylation sites (tertiary alicyclic amines) is 1. The Morgan fingerprint density at radius 2 is 2.45 bits per heavy atom. The molecule has 0 radical (unpaired) electrons. The van der Waals surface area contributed by atoms with Crippen molar-refractivity contribution in [3.63, 3.8) is 0 Å². The van der Waals surface area contributed by atoms with Crippen LogP contribution in [0.4, 0.5) is 0 Å². The first-order valence-corrected chi connectivity index (χ1v) is 4.13. The van der Waals surface area contributed by atoms with Crippen LogP contribution in [0, 0.1) is 0 Å². The van der Waals surface area contributed by atoms with E-state index in [2.05, 4.69) is 6.92 Å². The molecule has 1 fully saturated rings. The van der Waals surface area contributed by atoms with Crippen molar-refractivity contribution < 1.29 is 9.53 Å². The molecule has 0 saturated carbocycles. The Bertz CT molecular complexity index is 147. The SMILES string of the molecule is CCCCOC1CC(=O)N1C. The number of carbonyl (C=O) groups is 1. The summed E-state index contributed by atoms with van der Waals surface area (Å²) in [4.78, 5) is 12.4. The number of nitrogens with zero attached hydrogens (tertiary/aromatic N) is 1. The summed E-state index contributed by atoms with van der Waals surface area (Å²) >= 11 is 0. The van der Waals surface area contributed by atoms with E-state index >= 15 is 0 Å². The van der Waals surface area contributed by atoms with Gasteiger partial charge in [0, 0.05) is 13.7 Å². The van der Waals surface area contributed by atoms with Crippen LogP contribution in [0.3, 0.4) is 0 Å². The molecular weight excluding hydrogens is 142 g/mol. The van der Waals surface area contributed by atoms with Gasteiger partial charge in [-0.15, -0.1) is 0 Å². The molecule has 3 heteroatoms. The summed E-state index contributed by atoms with van der Waals surface area (Å²) in [5.41, 5.74) is 0. The Kier molecular flexibility index (Phi) is 2.88. The summed E-state index contributed by atoms with van der Waals surface area (Å²) in [7, 11) is 1.78. The molecule has 0 N–H and O–H groups in total. The smallest absolute Gasteiger partial charge is 0.228 e. The predicted octanol–water partition coefficient (Wildman–Crippen LogP) is 0.991. The molecule has 1 amide bonds. The third-order valence-corrected chi connectivity index (χ3v) is 1.98. The molecular formula is C8H15NO2. The lowest BCUT2D eigenvalue weighted by atomic mass is 10.2. The first kappa shape index (κ1) is 8.53. The van der Waals surface area contributed by atoms with Crippen LogP contribution in [-0.4, -0.2) is 30.7 Å². The summed E-state index contributed by atoms with van der Waals surface area (Å²) in [6, 6.07) is 0. The van der Waals surface area contributed by atoms with E-state index < -0.39 is 0 Å². The van der Waals surface area contributed by atoms with Crippen LogP contribution in [0.15, 0.2) is 0 Å². The van der Waals surface area contributed by atoms with Gasteiger partial charge in [-0.1, -0.05) is 13.3 Å². The molecule has 0 spiro atoms. The van der Waals surface area contributed by atoms with E-state index in [0.717, 1.165) is 19.4 Å². The number of unbranched alkanes of at least 4 members (excludes halogenated alkanes) is 1. The Balaban J connectivity index is 2.05. The van der Waals surface area contributed by atoms with Gasteiger partial charge in [0.2, 0.25) is 5.91 Å². The summed E-state index contributed by atoms with van der Waals surface area (Å²) in [6.07, 6.45) is 2.86. The van der Waals surface area contributed by atoms with Gasteiger partial charge in [-0.3, -0.25) is 4.79 Å². The number of ether oxygens (including phenoxy) is 1. The molecule has 1 saturated heterocycles. The fourth-order valence-electron chi connectivity index (χ4n) is 1.01. The third-order valence-electron chi connectivity index (χ3n) is 1.98. The summed E-state index contributed by atoms with van der Waals surface area (Å²) < 4.78 is 5.41. The van der Waals surface area contributed by atoms with Gasteiger partial charge in [-0.2, -0.15) is 0 Å². The van der Waals surface area contributed by atoms with Gasteiger partial charge in [-0.25, -0.2) is 0 Å². The number of hydrogen-bond acceptors (Lipinski definition) is 2. The molecule has 11 heavy (non-hydrogen) atoms. The maximum Gasteiger partial charge on any atom is 0.228 e. The summed E-state index contributed by atoms with van der Waals surface area (Å²) in [6.45, 7) is 2.90. The number of amides is 1. The molecule has 0 aliphatic carbocycles. The first-order chi connectivity index (χ1) is 5.25. The average molecular weight is 157 g/mol. The lowest BCUT2D eigenvalue weighted by Crippen LogP contribution is -2.51.